The van der Waals surface area contributed by atoms with E-state index in [9.17, 15) is 19.8 Å². The molecule has 0 radical (unpaired) electrons. The molecule has 0 saturated heterocycles. The molecular weight excluding hydrogens is 815 g/mol. The van der Waals surface area contributed by atoms with E-state index in [0.29, 0.717) is 19.3 Å². The monoisotopic (exact) mass is 932 g/mol. The van der Waals surface area contributed by atoms with Crippen LogP contribution in [0.5, 0.6) is 0 Å². The fourth-order valence-electron chi connectivity index (χ4n) is 9.55. The highest BCUT2D eigenvalue weighted by atomic mass is 16.5. The topological polar surface area (TPSA) is 95.9 Å². The van der Waals surface area contributed by atoms with Gasteiger partial charge in [0.05, 0.1) is 25.2 Å². The molecule has 3 atom stereocenters. The van der Waals surface area contributed by atoms with Gasteiger partial charge in [-0.05, 0) is 51.4 Å². The van der Waals surface area contributed by atoms with Gasteiger partial charge in [-0.1, -0.05) is 283 Å². The number of carbonyl (C=O) groups is 2. The first-order valence-corrected chi connectivity index (χ1v) is 29.9. The Morgan fingerprint density at radius 1 is 0.424 bits per heavy atom. The van der Waals surface area contributed by atoms with Crippen molar-refractivity contribution in [3.63, 3.8) is 0 Å². The Hall–Kier alpha value is -1.40. The summed E-state index contributed by atoms with van der Waals surface area (Å²) < 4.78 is 5.97. The summed E-state index contributed by atoms with van der Waals surface area (Å²) in [5.41, 5.74) is 0. The smallest absolute Gasteiger partial charge is 0.306 e. The second-order valence-corrected chi connectivity index (χ2v) is 20.8. The normalized spacial score (nSPS) is 13.1. The molecule has 1 amide bonds. The highest BCUT2D eigenvalue weighted by Gasteiger charge is 2.24. The van der Waals surface area contributed by atoms with Crippen LogP contribution in [0.3, 0.4) is 0 Å². The zero-order valence-corrected chi connectivity index (χ0v) is 44.9. The summed E-state index contributed by atoms with van der Waals surface area (Å²) >= 11 is 0. The highest BCUT2D eigenvalue weighted by Crippen LogP contribution is 2.19. The van der Waals surface area contributed by atoms with Gasteiger partial charge in [-0.15, -0.1) is 0 Å². The molecule has 3 N–H and O–H groups in total. The van der Waals surface area contributed by atoms with Crippen LogP contribution in [0.15, 0.2) is 12.2 Å². The Labute approximate surface area is 412 Å². The Morgan fingerprint density at radius 3 is 1.08 bits per heavy atom. The van der Waals surface area contributed by atoms with Gasteiger partial charge in [0.1, 0.15) is 6.10 Å². The first-order valence-electron chi connectivity index (χ1n) is 29.9. The van der Waals surface area contributed by atoms with Gasteiger partial charge in [0.2, 0.25) is 5.91 Å². The number of allylic oxidation sites excluding steroid dienone is 2. The number of aliphatic hydroxyl groups is 2. The molecule has 0 heterocycles. The molecule has 6 nitrogen and oxygen atoms in total. The fraction of sp³-hybridized carbons (Fsp3) is 0.933. The summed E-state index contributed by atoms with van der Waals surface area (Å²) in [5, 5.41) is 23.9. The van der Waals surface area contributed by atoms with Crippen molar-refractivity contribution in [3.8, 4) is 0 Å². The average molecular weight is 933 g/mol. The minimum atomic E-state index is -0.785. The van der Waals surface area contributed by atoms with Gasteiger partial charge >= 0.3 is 5.97 Å². The number of rotatable bonds is 55. The molecule has 0 aromatic heterocycles. The van der Waals surface area contributed by atoms with E-state index in [0.717, 1.165) is 57.8 Å². The number of nitrogens with one attached hydrogen (secondary N) is 1. The molecule has 0 saturated carbocycles. The zero-order valence-electron chi connectivity index (χ0n) is 44.9. The highest BCUT2D eigenvalue weighted by molar-refractivity contribution is 5.77. The van der Waals surface area contributed by atoms with Gasteiger partial charge in [0.15, 0.2) is 0 Å². The van der Waals surface area contributed by atoms with E-state index in [1.165, 1.54) is 231 Å². The summed E-state index contributed by atoms with van der Waals surface area (Å²) in [6.07, 6.45) is 62.8. The maximum absolute atomic E-state index is 13.3. The number of amides is 1. The van der Waals surface area contributed by atoms with Crippen molar-refractivity contribution in [2.45, 2.75) is 354 Å². The van der Waals surface area contributed by atoms with Crippen molar-refractivity contribution < 1.29 is 24.5 Å². The standard InChI is InChI=1S/C60H117NO5/c1-4-7-10-13-16-19-22-25-28-29-32-34-37-40-43-46-49-52-58(63)57(55-62)61-59(64)54-56(51-48-45-42-39-36-33-30-26-23-20-17-14-11-8-5-2)66-60(65)53-50-47-44-41-38-35-31-27-24-21-18-15-12-9-6-3/h26,30,56-58,62-63H,4-25,27-29,31-55H2,1-3H3,(H,61,64)/b30-26+. The maximum Gasteiger partial charge on any atom is 0.306 e. The summed E-state index contributed by atoms with van der Waals surface area (Å²) in [6, 6.07) is -0.699. The Kier molecular flexibility index (Phi) is 53.4. The van der Waals surface area contributed by atoms with E-state index in [4.69, 9.17) is 4.74 Å². The van der Waals surface area contributed by atoms with E-state index < -0.39 is 18.2 Å². The molecule has 392 valence electrons. The molecule has 66 heavy (non-hydrogen) atoms. The SMILES string of the molecule is CCCCCCCC/C=C/CCCCCCCC(CC(=O)NC(CO)C(O)CCCCCCCCCCCCCCCCCCC)OC(=O)CCCCCCCCCCCCCCCCC. The Morgan fingerprint density at radius 2 is 0.727 bits per heavy atom. The molecule has 0 aliphatic carbocycles. The molecule has 0 rings (SSSR count). The van der Waals surface area contributed by atoms with Gasteiger partial charge in [-0.3, -0.25) is 9.59 Å². The van der Waals surface area contributed by atoms with Crippen molar-refractivity contribution >= 4 is 11.9 Å². The lowest BCUT2D eigenvalue weighted by Gasteiger charge is -2.24. The molecule has 0 aliphatic rings. The van der Waals surface area contributed by atoms with Crippen LogP contribution in [0.4, 0.5) is 0 Å². The lowest BCUT2D eigenvalue weighted by Crippen LogP contribution is -2.46. The first kappa shape index (κ1) is 64.6. The number of esters is 1. The van der Waals surface area contributed by atoms with Crippen molar-refractivity contribution in [1.82, 2.24) is 5.32 Å². The third kappa shape index (κ3) is 49.0. The number of ether oxygens (including phenoxy) is 1. The van der Waals surface area contributed by atoms with Crippen LogP contribution < -0.4 is 5.32 Å². The Balaban J connectivity index is 4.49. The zero-order chi connectivity index (χ0) is 48.1. The number of hydrogen-bond acceptors (Lipinski definition) is 5. The molecule has 6 heteroatoms. The number of hydrogen-bond donors (Lipinski definition) is 3. The first-order chi connectivity index (χ1) is 32.5. The minimum Gasteiger partial charge on any atom is -0.462 e. The number of carbonyl (C=O) groups excluding carboxylic acids is 2. The van der Waals surface area contributed by atoms with E-state index in [-0.39, 0.29) is 24.9 Å². The summed E-state index contributed by atoms with van der Waals surface area (Å²) in [5.74, 6) is -0.458. The Bertz CT molecular complexity index is 1000. The van der Waals surface area contributed by atoms with Crippen LogP contribution in [-0.2, 0) is 14.3 Å². The van der Waals surface area contributed by atoms with Gasteiger partial charge in [-0.2, -0.15) is 0 Å². The van der Waals surface area contributed by atoms with E-state index in [1.807, 2.05) is 0 Å². The predicted octanol–water partition coefficient (Wildman–Crippen LogP) is 18.5. The second kappa shape index (κ2) is 54.5. The molecule has 0 bridgehead atoms. The van der Waals surface area contributed by atoms with E-state index in [1.54, 1.807) is 0 Å². The van der Waals surface area contributed by atoms with Crippen LogP contribution in [0.2, 0.25) is 0 Å². The third-order valence-electron chi connectivity index (χ3n) is 14.1. The van der Waals surface area contributed by atoms with Gasteiger partial charge < -0.3 is 20.3 Å². The maximum atomic E-state index is 13.3. The van der Waals surface area contributed by atoms with Gasteiger partial charge in [0.25, 0.3) is 0 Å². The number of unbranched alkanes of at least 4 members (excludes halogenated alkanes) is 41. The third-order valence-corrected chi connectivity index (χ3v) is 14.1. The predicted molar refractivity (Wildman–Crippen MR) is 287 cm³/mol. The second-order valence-electron chi connectivity index (χ2n) is 20.8. The van der Waals surface area contributed by atoms with Gasteiger partial charge in [-0.25, -0.2) is 0 Å². The van der Waals surface area contributed by atoms with Crippen molar-refractivity contribution in [3.05, 3.63) is 12.2 Å². The van der Waals surface area contributed by atoms with Crippen LogP contribution in [0.25, 0.3) is 0 Å². The molecule has 0 fully saturated rings. The van der Waals surface area contributed by atoms with Gasteiger partial charge in [0, 0.05) is 6.42 Å². The quantitative estimate of drug-likeness (QED) is 0.0321. The molecular formula is C60H117NO5. The fourth-order valence-corrected chi connectivity index (χ4v) is 9.55. The molecule has 0 aromatic rings. The average Bonchev–Trinajstić information content (AvgIpc) is 3.31. The largest absolute Gasteiger partial charge is 0.462 e. The van der Waals surface area contributed by atoms with Crippen LogP contribution in [0.1, 0.15) is 335 Å². The number of aliphatic hydroxyl groups excluding tert-OH is 2. The molecule has 0 spiro atoms. The van der Waals surface area contributed by atoms with E-state index >= 15 is 0 Å². The van der Waals surface area contributed by atoms with Crippen LogP contribution in [0, 0.1) is 0 Å². The summed E-state index contributed by atoms with van der Waals surface area (Å²) in [6.45, 7) is 6.53. The van der Waals surface area contributed by atoms with Crippen molar-refractivity contribution in [2.24, 2.45) is 0 Å². The van der Waals surface area contributed by atoms with Crippen LogP contribution in [-0.4, -0.2) is 46.9 Å². The van der Waals surface area contributed by atoms with Crippen molar-refractivity contribution in [1.29, 1.82) is 0 Å². The lowest BCUT2D eigenvalue weighted by molar-refractivity contribution is -0.151. The molecule has 3 unspecified atom stereocenters. The lowest BCUT2D eigenvalue weighted by atomic mass is 10.0. The summed E-state index contributed by atoms with van der Waals surface area (Å²) in [4.78, 5) is 26.3. The minimum absolute atomic E-state index is 0.0797. The molecule has 0 aromatic carbocycles. The van der Waals surface area contributed by atoms with Crippen LogP contribution >= 0.6 is 0 Å². The van der Waals surface area contributed by atoms with E-state index in [2.05, 4.69) is 38.2 Å². The molecule has 0 aliphatic heterocycles. The summed E-state index contributed by atoms with van der Waals surface area (Å²) in [7, 11) is 0. The van der Waals surface area contributed by atoms with Crippen molar-refractivity contribution in [2.75, 3.05) is 6.61 Å².